The van der Waals surface area contributed by atoms with Crippen LogP contribution in [0.1, 0.15) is 29.5 Å². The number of ether oxygens (including phenoxy) is 3. The second-order valence-corrected chi connectivity index (χ2v) is 4.38. The fraction of sp³-hybridized carbons (Fsp3) is 0.467. The zero-order chi connectivity index (χ0) is 15.3. The van der Waals surface area contributed by atoms with E-state index < -0.39 is 17.9 Å². The predicted octanol–water partition coefficient (Wildman–Crippen LogP) is 2.13. The Morgan fingerprint density at radius 3 is 1.85 bits per heavy atom. The maximum absolute atomic E-state index is 11.9. The lowest BCUT2D eigenvalue weighted by atomic mass is 9.90. The van der Waals surface area contributed by atoms with Gasteiger partial charge in [0.1, 0.15) is 5.75 Å². The van der Waals surface area contributed by atoms with E-state index in [-0.39, 0.29) is 0 Å². The number of hydrogen-bond donors (Lipinski definition) is 0. The van der Waals surface area contributed by atoms with Crippen LogP contribution in [0, 0.1) is 13.8 Å². The molecule has 5 nitrogen and oxygen atoms in total. The normalized spacial score (nSPS) is 10.3. The van der Waals surface area contributed by atoms with Crippen molar-refractivity contribution in [2.24, 2.45) is 0 Å². The highest BCUT2D eigenvalue weighted by Crippen LogP contribution is 2.30. The molecular formula is C15H20O5. The highest BCUT2D eigenvalue weighted by atomic mass is 16.5. The van der Waals surface area contributed by atoms with Gasteiger partial charge < -0.3 is 14.2 Å². The summed E-state index contributed by atoms with van der Waals surface area (Å²) >= 11 is 0. The average Bonchev–Trinajstić information content (AvgIpc) is 2.41. The number of methoxy groups -OCH3 is 2. The van der Waals surface area contributed by atoms with Crippen molar-refractivity contribution in [1.29, 1.82) is 0 Å². The maximum Gasteiger partial charge on any atom is 0.324 e. The van der Waals surface area contributed by atoms with E-state index in [9.17, 15) is 9.59 Å². The predicted molar refractivity (Wildman–Crippen MR) is 73.9 cm³/mol. The van der Waals surface area contributed by atoms with Crippen molar-refractivity contribution in [1.82, 2.24) is 0 Å². The summed E-state index contributed by atoms with van der Waals surface area (Å²) in [6, 6.07) is 3.59. The van der Waals surface area contributed by atoms with Crippen LogP contribution in [0.25, 0.3) is 0 Å². The second kappa shape index (κ2) is 6.93. The van der Waals surface area contributed by atoms with E-state index >= 15 is 0 Å². The zero-order valence-corrected chi connectivity index (χ0v) is 12.5. The minimum absolute atomic E-state index is 0.551. The summed E-state index contributed by atoms with van der Waals surface area (Å²) < 4.78 is 14.9. The summed E-state index contributed by atoms with van der Waals surface area (Å²) in [6.07, 6.45) is 0. The van der Waals surface area contributed by atoms with Gasteiger partial charge in [-0.2, -0.15) is 0 Å². The van der Waals surface area contributed by atoms with Crippen molar-refractivity contribution in [3.63, 3.8) is 0 Å². The molecule has 1 aromatic rings. The fourth-order valence-electron chi connectivity index (χ4n) is 2.21. The number of rotatable bonds is 5. The minimum atomic E-state index is -1.07. The number of aryl methyl sites for hydroxylation is 2. The van der Waals surface area contributed by atoms with Crippen molar-refractivity contribution in [2.45, 2.75) is 26.7 Å². The van der Waals surface area contributed by atoms with Crippen LogP contribution in [0.4, 0.5) is 0 Å². The molecule has 0 aliphatic carbocycles. The van der Waals surface area contributed by atoms with E-state index in [1.807, 2.05) is 20.8 Å². The van der Waals surface area contributed by atoms with Gasteiger partial charge in [-0.25, -0.2) is 0 Å². The smallest absolute Gasteiger partial charge is 0.324 e. The zero-order valence-electron chi connectivity index (χ0n) is 12.5. The van der Waals surface area contributed by atoms with Gasteiger partial charge in [0, 0.05) is 0 Å². The molecule has 0 aliphatic rings. The highest BCUT2D eigenvalue weighted by molar-refractivity contribution is 6.01. The minimum Gasteiger partial charge on any atom is -0.494 e. The Hall–Kier alpha value is -2.04. The Balaban J connectivity index is 3.33. The molecule has 1 rings (SSSR count). The highest BCUT2D eigenvalue weighted by Gasteiger charge is 2.33. The maximum atomic E-state index is 11.9. The monoisotopic (exact) mass is 280 g/mol. The Morgan fingerprint density at radius 2 is 1.50 bits per heavy atom. The third kappa shape index (κ3) is 3.29. The molecule has 0 fully saturated rings. The number of carbonyl (C=O) groups excluding carboxylic acids is 2. The first-order valence-electron chi connectivity index (χ1n) is 6.35. The van der Waals surface area contributed by atoms with E-state index in [1.54, 1.807) is 12.1 Å². The molecule has 0 saturated heterocycles. The molecule has 0 heterocycles. The average molecular weight is 280 g/mol. The quantitative estimate of drug-likeness (QED) is 0.611. The standard InChI is InChI=1S/C15H20O5/c1-6-20-11-7-9(2)12(10(3)8-11)13(14(16)18-4)15(17)19-5/h7-8,13H,6H2,1-5H3. The summed E-state index contributed by atoms with van der Waals surface area (Å²) in [5.41, 5.74) is 2.18. The molecule has 0 spiro atoms. The van der Waals surface area contributed by atoms with Crippen LogP contribution >= 0.6 is 0 Å². The fourth-order valence-corrected chi connectivity index (χ4v) is 2.21. The van der Waals surface area contributed by atoms with E-state index in [4.69, 9.17) is 14.2 Å². The summed E-state index contributed by atoms with van der Waals surface area (Å²) in [5, 5.41) is 0. The molecule has 0 saturated carbocycles. The number of benzene rings is 1. The van der Waals surface area contributed by atoms with Crippen LogP contribution in [0.3, 0.4) is 0 Å². The Morgan fingerprint density at radius 1 is 1.05 bits per heavy atom. The molecule has 1 aromatic carbocycles. The van der Waals surface area contributed by atoms with E-state index in [0.29, 0.717) is 17.9 Å². The summed E-state index contributed by atoms with van der Waals surface area (Å²) in [5.74, 6) is -1.63. The first kappa shape index (κ1) is 16.0. The van der Waals surface area contributed by atoms with Crippen molar-refractivity contribution < 1.29 is 23.8 Å². The van der Waals surface area contributed by atoms with Crippen LogP contribution in [0.15, 0.2) is 12.1 Å². The number of esters is 2. The van der Waals surface area contributed by atoms with Crippen LogP contribution in [-0.4, -0.2) is 32.8 Å². The number of hydrogen-bond acceptors (Lipinski definition) is 5. The molecular weight excluding hydrogens is 260 g/mol. The second-order valence-electron chi connectivity index (χ2n) is 4.38. The summed E-state index contributed by atoms with van der Waals surface area (Å²) in [7, 11) is 2.50. The van der Waals surface area contributed by atoms with Crippen molar-refractivity contribution >= 4 is 11.9 Å². The van der Waals surface area contributed by atoms with Gasteiger partial charge >= 0.3 is 11.9 Å². The molecule has 0 amide bonds. The Bertz CT molecular complexity index is 468. The summed E-state index contributed by atoms with van der Waals surface area (Å²) in [6.45, 7) is 6.09. The lowest BCUT2D eigenvalue weighted by Gasteiger charge is -2.18. The molecule has 20 heavy (non-hydrogen) atoms. The van der Waals surface area contributed by atoms with Crippen LogP contribution in [0.2, 0.25) is 0 Å². The van der Waals surface area contributed by atoms with E-state index in [2.05, 4.69) is 0 Å². The van der Waals surface area contributed by atoms with Gasteiger partial charge in [0.15, 0.2) is 5.92 Å². The first-order chi connectivity index (χ1) is 9.46. The summed E-state index contributed by atoms with van der Waals surface area (Å²) in [4.78, 5) is 23.7. The van der Waals surface area contributed by atoms with Crippen LogP contribution < -0.4 is 4.74 Å². The SMILES string of the molecule is CCOc1cc(C)c(C(C(=O)OC)C(=O)OC)c(C)c1. The molecule has 0 aromatic heterocycles. The van der Waals surface area contributed by atoms with Crippen molar-refractivity contribution in [2.75, 3.05) is 20.8 Å². The topological polar surface area (TPSA) is 61.8 Å². The molecule has 0 bridgehead atoms. The van der Waals surface area contributed by atoms with Gasteiger partial charge in [0.05, 0.1) is 20.8 Å². The molecule has 0 atom stereocenters. The van der Waals surface area contributed by atoms with Crippen molar-refractivity contribution in [3.8, 4) is 5.75 Å². The Kier molecular flexibility index (Phi) is 5.55. The Labute approximate surface area is 118 Å². The van der Waals surface area contributed by atoms with Gasteiger partial charge in [-0.05, 0) is 49.6 Å². The van der Waals surface area contributed by atoms with Crippen molar-refractivity contribution in [3.05, 3.63) is 28.8 Å². The largest absolute Gasteiger partial charge is 0.494 e. The van der Waals surface area contributed by atoms with E-state index in [1.165, 1.54) is 14.2 Å². The third-order valence-corrected chi connectivity index (χ3v) is 3.04. The molecule has 0 aliphatic heterocycles. The molecule has 5 heteroatoms. The van der Waals surface area contributed by atoms with Gasteiger partial charge in [-0.15, -0.1) is 0 Å². The van der Waals surface area contributed by atoms with Gasteiger partial charge in [-0.3, -0.25) is 9.59 Å². The van der Waals surface area contributed by atoms with Gasteiger partial charge in [-0.1, -0.05) is 0 Å². The lowest BCUT2D eigenvalue weighted by Crippen LogP contribution is -2.26. The molecule has 0 radical (unpaired) electrons. The molecule has 0 N–H and O–H groups in total. The van der Waals surface area contributed by atoms with Crippen LogP contribution in [-0.2, 0) is 19.1 Å². The van der Waals surface area contributed by atoms with Gasteiger partial charge in [0.25, 0.3) is 0 Å². The molecule has 110 valence electrons. The lowest BCUT2D eigenvalue weighted by molar-refractivity contribution is -0.154. The van der Waals surface area contributed by atoms with E-state index in [0.717, 1.165) is 11.1 Å². The third-order valence-electron chi connectivity index (χ3n) is 3.04. The van der Waals surface area contributed by atoms with Gasteiger partial charge in [0.2, 0.25) is 0 Å². The van der Waals surface area contributed by atoms with Crippen LogP contribution in [0.5, 0.6) is 5.75 Å². The molecule has 0 unspecified atom stereocenters. The first-order valence-corrected chi connectivity index (χ1v) is 6.35. The number of carbonyl (C=O) groups is 2.